The first-order valence-electron chi connectivity index (χ1n) is 5.25. The molecule has 0 unspecified atom stereocenters. The predicted molar refractivity (Wildman–Crippen MR) is 81.1 cm³/mol. The number of hydrogen-bond donors (Lipinski definition) is 0. The Hall–Kier alpha value is -1.08. The molecule has 18 heavy (non-hydrogen) atoms. The molecular formula is C13H10INO2S. The Bertz CT molecular complexity index is 584. The third-order valence-electron chi connectivity index (χ3n) is 2.41. The Labute approximate surface area is 123 Å². The highest BCUT2D eigenvalue weighted by Gasteiger charge is 2.06. The largest absolute Gasteiger partial charge is 0.269 e. The van der Waals surface area contributed by atoms with Gasteiger partial charge in [0.2, 0.25) is 0 Å². The van der Waals surface area contributed by atoms with E-state index in [0.29, 0.717) is 0 Å². The molecule has 2 aromatic rings. The van der Waals surface area contributed by atoms with Gasteiger partial charge >= 0.3 is 0 Å². The standard InChI is InChI=1S/C13H10INO2S/c1-9-8-10(14)2-7-13(9)18-12-5-3-11(4-6-12)15(16)17/h2-8H,1H3. The minimum atomic E-state index is -0.384. The number of nitro groups is 1. The van der Waals surface area contributed by atoms with Crippen LogP contribution in [0.4, 0.5) is 5.69 Å². The van der Waals surface area contributed by atoms with Crippen molar-refractivity contribution in [2.24, 2.45) is 0 Å². The zero-order chi connectivity index (χ0) is 13.1. The molecule has 3 nitrogen and oxygen atoms in total. The third kappa shape index (κ3) is 3.23. The summed E-state index contributed by atoms with van der Waals surface area (Å²) in [6.45, 7) is 2.07. The number of halogens is 1. The highest BCUT2D eigenvalue weighted by molar-refractivity contribution is 14.1. The smallest absolute Gasteiger partial charge is 0.258 e. The summed E-state index contributed by atoms with van der Waals surface area (Å²) >= 11 is 3.90. The van der Waals surface area contributed by atoms with Crippen LogP contribution < -0.4 is 0 Å². The van der Waals surface area contributed by atoms with Crippen LogP contribution in [0.3, 0.4) is 0 Å². The van der Waals surface area contributed by atoms with Crippen molar-refractivity contribution in [1.29, 1.82) is 0 Å². The summed E-state index contributed by atoms with van der Waals surface area (Å²) in [5.41, 5.74) is 1.34. The van der Waals surface area contributed by atoms with E-state index in [9.17, 15) is 10.1 Å². The highest BCUT2D eigenvalue weighted by Crippen LogP contribution is 2.31. The molecule has 0 aliphatic rings. The van der Waals surface area contributed by atoms with Crippen molar-refractivity contribution in [3.63, 3.8) is 0 Å². The zero-order valence-electron chi connectivity index (χ0n) is 9.59. The molecule has 5 heteroatoms. The van der Waals surface area contributed by atoms with Gasteiger partial charge in [0.15, 0.2) is 0 Å². The molecule has 0 spiro atoms. The Kier molecular flexibility index (Phi) is 4.23. The van der Waals surface area contributed by atoms with E-state index in [2.05, 4.69) is 47.7 Å². The summed E-state index contributed by atoms with van der Waals surface area (Å²) in [5.74, 6) is 0. The van der Waals surface area contributed by atoms with Crippen molar-refractivity contribution >= 4 is 40.0 Å². The number of non-ortho nitro benzene ring substituents is 1. The van der Waals surface area contributed by atoms with Gasteiger partial charge in [0.25, 0.3) is 5.69 Å². The Morgan fingerprint density at radius 2 is 1.83 bits per heavy atom. The van der Waals surface area contributed by atoms with E-state index < -0.39 is 0 Å². The number of hydrogen-bond acceptors (Lipinski definition) is 3. The molecule has 0 saturated heterocycles. The van der Waals surface area contributed by atoms with Crippen molar-refractivity contribution in [1.82, 2.24) is 0 Å². The van der Waals surface area contributed by atoms with Gasteiger partial charge in [-0.05, 0) is 65.4 Å². The molecular weight excluding hydrogens is 361 g/mol. The molecule has 2 aromatic carbocycles. The Morgan fingerprint density at radius 1 is 1.17 bits per heavy atom. The van der Waals surface area contributed by atoms with Crippen LogP contribution in [0.2, 0.25) is 0 Å². The van der Waals surface area contributed by atoms with Crippen LogP contribution >= 0.6 is 34.4 Å². The summed E-state index contributed by atoms with van der Waals surface area (Å²) in [4.78, 5) is 12.4. The fraction of sp³-hybridized carbons (Fsp3) is 0.0769. The number of benzene rings is 2. The van der Waals surface area contributed by atoms with Crippen LogP contribution in [0.5, 0.6) is 0 Å². The number of nitrogens with zero attached hydrogens (tertiary/aromatic N) is 1. The van der Waals surface area contributed by atoms with Crippen molar-refractivity contribution in [3.05, 3.63) is 61.7 Å². The molecule has 0 N–H and O–H groups in total. The van der Waals surface area contributed by atoms with E-state index in [-0.39, 0.29) is 10.6 Å². The topological polar surface area (TPSA) is 43.1 Å². The summed E-state index contributed by atoms with van der Waals surface area (Å²) in [5, 5.41) is 10.6. The van der Waals surface area contributed by atoms with E-state index in [1.807, 2.05) is 0 Å². The van der Waals surface area contributed by atoms with Gasteiger partial charge in [0, 0.05) is 25.5 Å². The minimum absolute atomic E-state index is 0.124. The van der Waals surface area contributed by atoms with Crippen LogP contribution in [0, 0.1) is 20.6 Å². The zero-order valence-corrected chi connectivity index (χ0v) is 12.6. The van der Waals surface area contributed by atoms with Crippen LogP contribution in [0.15, 0.2) is 52.3 Å². The van der Waals surface area contributed by atoms with E-state index in [4.69, 9.17) is 0 Å². The van der Waals surface area contributed by atoms with Gasteiger partial charge in [-0.1, -0.05) is 11.8 Å². The summed E-state index contributed by atoms with van der Waals surface area (Å²) in [6, 6.07) is 12.9. The lowest BCUT2D eigenvalue weighted by Crippen LogP contribution is -1.87. The first kappa shape index (κ1) is 13.4. The molecule has 0 aliphatic carbocycles. The van der Waals surface area contributed by atoms with Gasteiger partial charge < -0.3 is 0 Å². The lowest BCUT2D eigenvalue weighted by Gasteiger charge is -2.05. The van der Waals surface area contributed by atoms with Gasteiger partial charge in [-0.25, -0.2) is 0 Å². The van der Waals surface area contributed by atoms with Gasteiger partial charge in [-0.15, -0.1) is 0 Å². The average Bonchev–Trinajstić information content (AvgIpc) is 2.33. The van der Waals surface area contributed by atoms with E-state index in [0.717, 1.165) is 4.90 Å². The minimum Gasteiger partial charge on any atom is -0.258 e. The van der Waals surface area contributed by atoms with Gasteiger partial charge in [0.1, 0.15) is 0 Å². The molecule has 0 fully saturated rings. The lowest BCUT2D eigenvalue weighted by atomic mass is 10.2. The quantitative estimate of drug-likeness (QED) is 0.448. The SMILES string of the molecule is Cc1cc(I)ccc1Sc1ccc([N+](=O)[O-])cc1. The molecule has 0 amide bonds. The second-order valence-corrected chi connectivity index (χ2v) is 6.12. The summed E-state index contributed by atoms with van der Waals surface area (Å²) in [6.07, 6.45) is 0. The van der Waals surface area contributed by atoms with Gasteiger partial charge in [-0.3, -0.25) is 10.1 Å². The van der Waals surface area contributed by atoms with Crippen molar-refractivity contribution in [2.75, 3.05) is 0 Å². The summed E-state index contributed by atoms with van der Waals surface area (Å²) < 4.78 is 1.21. The van der Waals surface area contributed by atoms with E-state index in [1.165, 1.54) is 26.2 Å². The van der Waals surface area contributed by atoms with Gasteiger partial charge in [0.05, 0.1) is 4.92 Å². The fourth-order valence-electron chi connectivity index (χ4n) is 1.49. The monoisotopic (exact) mass is 371 g/mol. The molecule has 0 atom stereocenters. The Balaban J connectivity index is 2.21. The van der Waals surface area contributed by atoms with Crippen molar-refractivity contribution in [2.45, 2.75) is 16.7 Å². The maximum atomic E-state index is 10.6. The first-order valence-corrected chi connectivity index (χ1v) is 7.14. The first-order chi connectivity index (χ1) is 8.56. The maximum absolute atomic E-state index is 10.6. The average molecular weight is 371 g/mol. The molecule has 0 aromatic heterocycles. The number of nitro benzene ring substituents is 1. The molecule has 0 heterocycles. The maximum Gasteiger partial charge on any atom is 0.269 e. The molecule has 2 rings (SSSR count). The van der Waals surface area contributed by atoms with E-state index in [1.54, 1.807) is 23.9 Å². The number of aryl methyl sites for hydroxylation is 1. The highest BCUT2D eigenvalue weighted by atomic mass is 127. The van der Waals surface area contributed by atoms with Gasteiger partial charge in [-0.2, -0.15) is 0 Å². The molecule has 0 bridgehead atoms. The molecule has 92 valence electrons. The van der Waals surface area contributed by atoms with Crippen LogP contribution in [0.25, 0.3) is 0 Å². The second kappa shape index (κ2) is 5.71. The lowest BCUT2D eigenvalue weighted by molar-refractivity contribution is -0.384. The molecule has 0 aliphatic heterocycles. The van der Waals surface area contributed by atoms with Crippen LogP contribution in [-0.4, -0.2) is 4.92 Å². The van der Waals surface area contributed by atoms with Crippen molar-refractivity contribution in [3.8, 4) is 0 Å². The van der Waals surface area contributed by atoms with Crippen molar-refractivity contribution < 1.29 is 4.92 Å². The number of rotatable bonds is 3. The fourth-order valence-corrected chi connectivity index (χ4v) is 3.02. The van der Waals surface area contributed by atoms with E-state index >= 15 is 0 Å². The predicted octanol–water partition coefficient (Wildman–Crippen LogP) is 4.66. The van der Waals surface area contributed by atoms with Crippen LogP contribution in [0.1, 0.15) is 5.56 Å². The Morgan fingerprint density at radius 3 is 2.39 bits per heavy atom. The van der Waals surface area contributed by atoms with Crippen LogP contribution in [-0.2, 0) is 0 Å². The molecule has 0 saturated carbocycles. The normalized spacial score (nSPS) is 10.3. The molecule has 0 radical (unpaired) electrons. The summed E-state index contributed by atoms with van der Waals surface area (Å²) in [7, 11) is 0. The third-order valence-corrected chi connectivity index (χ3v) is 4.27. The second-order valence-electron chi connectivity index (χ2n) is 3.76.